The summed E-state index contributed by atoms with van der Waals surface area (Å²) in [7, 11) is 3.36. The number of carbonyl (C=O) groups excluding carboxylic acids is 1. The molecule has 218 valence electrons. The van der Waals surface area contributed by atoms with Crippen molar-refractivity contribution in [1.29, 1.82) is 0 Å². The van der Waals surface area contributed by atoms with Crippen LogP contribution in [-0.2, 0) is 6.54 Å². The molecule has 10 nitrogen and oxygen atoms in total. The van der Waals surface area contributed by atoms with E-state index in [1.54, 1.807) is 29.7 Å². The van der Waals surface area contributed by atoms with E-state index >= 15 is 0 Å². The fourth-order valence-electron chi connectivity index (χ4n) is 5.43. The zero-order valence-electron chi connectivity index (χ0n) is 23.9. The number of fused-ring (bicyclic) bond motifs is 2. The zero-order valence-corrected chi connectivity index (χ0v) is 24.7. The summed E-state index contributed by atoms with van der Waals surface area (Å²) < 4.78 is 6.92. The van der Waals surface area contributed by atoms with E-state index in [1.807, 2.05) is 84.6 Å². The van der Waals surface area contributed by atoms with Crippen LogP contribution in [0.3, 0.4) is 0 Å². The number of aromatic nitrogens is 3. The molecule has 1 aliphatic rings. The van der Waals surface area contributed by atoms with Gasteiger partial charge in [-0.25, -0.2) is 0 Å². The highest BCUT2D eigenvalue weighted by Gasteiger charge is 2.33. The lowest BCUT2D eigenvalue weighted by atomic mass is 10.1. The Labute approximate surface area is 253 Å². The molecule has 0 spiro atoms. The van der Waals surface area contributed by atoms with Crippen molar-refractivity contribution in [3.8, 4) is 11.4 Å². The highest BCUT2D eigenvalue weighted by Crippen LogP contribution is 2.34. The molecule has 3 heterocycles. The number of hydrogen-bond donors (Lipinski definition) is 2. The maximum Gasteiger partial charge on any atom is 0.264 e. The third kappa shape index (κ3) is 5.21. The summed E-state index contributed by atoms with van der Waals surface area (Å²) in [6, 6.07) is 23.9. The molecule has 11 heteroatoms. The van der Waals surface area contributed by atoms with E-state index in [9.17, 15) is 9.59 Å². The summed E-state index contributed by atoms with van der Waals surface area (Å²) in [4.78, 5) is 40.0. The first-order valence-electron chi connectivity index (χ1n) is 13.7. The quantitative estimate of drug-likeness (QED) is 0.262. The standard InChI is InChI=1S/C32H30ClN7O3/c1-19(25-16-21-8-7-11-24(33)26(21)31(42)40(25)22-9-5-4-6-10-22)35-28-27-29(37-32(34)36-28)39(18-38(2)30(27)41)17-20-12-14-23(43-3)15-13-20/h4-16,19H,17-18H2,1-3H3,(H3,34,35,36,37)/t19-/m0/s1. The number of nitrogens with one attached hydrogen (secondary N) is 1. The van der Waals surface area contributed by atoms with Crippen molar-refractivity contribution in [2.45, 2.75) is 19.5 Å². The van der Waals surface area contributed by atoms with Gasteiger partial charge in [0.15, 0.2) is 5.82 Å². The van der Waals surface area contributed by atoms with Gasteiger partial charge in [0.25, 0.3) is 11.5 Å². The Morgan fingerprint density at radius 1 is 1.02 bits per heavy atom. The van der Waals surface area contributed by atoms with E-state index in [-0.39, 0.29) is 23.2 Å². The summed E-state index contributed by atoms with van der Waals surface area (Å²) >= 11 is 6.48. The Balaban J connectivity index is 1.44. The van der Waals surface area contributed by atoms with Crippen LogP contribution in [-0.4, -0.2) is 46.2 Å². The summed E-state index contributed by atoms with van der Waals surface area (Å²) in [5.41, 5.74) is 8.62. The van der Waals surface area contributed by atoms with E-state index in [4.69, 9.17) is 22.1 Å². The monoisotopic (exact) mass is 595 g/mol. The van der Waals surface area contributed by atoms with Gasteiger partial charge in [0.1, 0.15) is 17.1 Å². The molecular formula is C32H30ClN7O3. The molecule has 6 rings (SSSR count). The second-order valence-corrected chi connectivity index (χ2v) is 10.8. The number of carbonyl (C=O) groups is 1. The van der Waals surface area contributed by atoms with Gasteiger partial charge in [0, 0.05) is 25.0 Å². The van der Waals surface area contributed by atoms with Gasteiger partial charge in [0.05, 0.1) is 30.2 Å². The van der Waals surface area contributed by atoms with E-state index in [0.717, 1.165) is 11.3 Å². The first-order chi connectivity index (χ1) is 20.7. The van der Waals surface area contributed by atoms with Crippen molar-refractivity contribution < 1.29 is 9.53 Å². The number of halogens is 1. The van der Waals surface area contributed by atoms with Crippen molar-refractivity contribution >= 4 is 45.9 Å². The zero-order chi connectivity index (χ0) is 30.2. The van der Waals surface area contributed by atoms with Crippen molar-refractivity contribution in [1.82, 2.24) is 19.4 Å². The summed E-state index contributed by atoms with van der Waals surface area (Å²) in [6.45, 7) is 2.71. The largest absolute Gasteiger partial charge is 0.497 e. The van der Waals surface area contributed by atoms with Crippen LogP contribution >= 0.6 is 11.6 Å². The maximum absolute atomic E-state index is 13.9. The number of pyridine rings is 1. The smallest absolute Gasteiger partial charge is 0.264 e. The Morgan fingerprint density at radius 2 is 1.77 bits per heavy atom. The highest BCUT2D eigenvalue weighted by atomic mass is 35.5. The Kier molecular flexibility index (Phi) is 7.37. The average Bonchev–Trinajstić information content (AvgIpc) is 3.00. The van der Waals surface area contributed by atoms with Crippen molar-refractivity contribution in [3.63, 3.8) is 0 Å². The third-order valence-electron chi connectivity index (χ3n) is 7.52. The van der Waals surface area contributed by atoms with Gasteiger partial charge in [-0.2, -0.15) is 9.97 Å². The minimum atomic E-state index is -0.482. The van der Waals surface area contributed by atoms with Crippen molar-refractivity contribution in [2.24, 2.45) is 0 Å². The number of nitrogens with two attached hydrogens (primary N) is 1. The van der Waals surface area contributed by atoms with Gasteiger partial charge in [-0.15, -0.1) is 0 Å². The molecule has 3 N–H and O–H groups in total. The van der Waals surface area contributed by atoms with E-state index in [1.165, 1.54) is 0 Å². The van der Waals surface area contributed by atoms with Crippen LogP contribution in [0.15, 0.2) is 83.7 Å². The molecule has 0 fully saturated rings. The minimum Gasteiger partial charge on any atom is -0.497 e. The number of ether oxygens (including phenoxy) is 1. The van der Waals surface area contributed by atoms with Crippen LogP contribution in [0.2, 0.25) is 5.02 Å². The second-order valence-electron chi connectivity index (χ2n) is 10.4. The topological polar surface area (TPSA) is 119 Å². The number of hydrogen-bond acceptors (Lipinski definition) is 8. The normalized spacial score (nSPS) is 13.6. The first-order valence-corrected chi connectivity index (χ1v) is 14.1. The highest BCUT2D eigenvalue weighted by molar-refractivity contribution is 6.35. The SMILES string of the molecule is COc1ccc(CN2CN(C)C(=O)c3c(N[C@@H](C)c4cc5cccc(Cl)c5c(=O)n4-c4ccccc4)nc(N)nc32)cc1. The maximum atomic E-state index is 13.9. The van der Waals surface area contributed by atoms with Gasteiger partial charge < -0.3 is 25.6 Å². The molecule has 0 bridgehead atoms. The fraction of sp³-hybridized carbons (Fsp3) is 0.188. The average molecular weight is 596 g/mol. The summed E-state index contributed by atoms with van der Waals surface area (Å²) in [5, 5.41) is 4.89. The number of amides is 1. The molecule has 0 unspecified atom stereocenters. The summed E-state index contributed by atoms with van der Waals surface area (Å²) in [6.07, 6.45) is 0. The van der Waals surface area contributed by atoms with Crippen molar-refractivity contribution in [3.05, 3.63) is 111 Å². The predicted octanol–water partition coefficient (Wildman–Crippen LogP) is 5.25. The van der Waals surface area contributed by atoms with E-state index in [2.05, 4.69) is 15.3 Å². The van der Waals surface area contributed by atoms with Gasteiger partial charge >= 0.3 is 0 Å². The fourth-order valence-corrected chi connectivity index (χ4v) is 5.69. The lowest BCUT2D eigenvalue weighted by Gasteiger charge is -2.36. The molecule has 5 aromatic rings. The molecule has 1 aliphatic heterocycles. The predicted molar refractivity (Wildman–Crippen MR) is 169 cm³/mol. The molecule has 0 radical (unpaired) electrons. The molecule has 3 aromatic carbocycles. The first kappa shape index (κ1) is 28.0. The molecule has 0 saturated heterocycles. The Morgan fingerprint density at radius 3 is 2.49 bits per heavy atom. The molecule has 43 heavy (non-hydrogen) atoms. The van der Waals surface area contributed by atoms with Crippen LogP contribution in [0.5, 0.6) is 5.75 Å². The van der Waals surface area contributed by atoms with Crippen molar-refractivity contribution in [2.75, 3.05) is 36.8 Å². The second kappa shape index (κ2) is 11.3. The van der Waals surface area contributed by atoms with Gasteiger partial charge in [-0.1, -0.05) is 54.1 Å². The minimum absolute atomic E-state index is 0.0243. The lowest BCUT2D eigenvalue weighted by Crippen LogP contribution is -2.45. The number of nitrogens with zero attached hydrogens (tertiary/aromatic N) is 5. The molecule has 0 saturated carbocycles. The lowest BCUT2D eigenvalue weighted by molar-refractivity contribution is 0.0781. The Bertz CT molecular complexity index is 1890. The number of methoxy groups -OCH3 is 1. The van der Waals surface area contributed by atoms with Crippen LogP contribution in [0.4, 0.5) is 17.6 Å². The van der Waals surface area contributed by atoms with E-state index < -0.39 is 6.04 Å². The molecule has 1 atom stereocenters. The number of anilines is 3. The Hall–Kier alpha value is -5.09. The van der Waals surface area contributed by atoms with Gasteiger partial charge in [-0.05, 0) is 54.3 Å². The van der Waals surface area contributed by atoms with Crippen LogP contribution in [0, 0.1) is 0 Å². The van der Waals surface area contributed by atoms with Crippen LogP contribution in [0.1, 0.15) is 34.6 Å². The molecular weight excluding hydrogens is 566 g/mol. The van der Waals surface area contributed by atoms with Crippen LogP contribution in [0.25, 0.3) is 16.5 Å². The van der Waals surface area contributed by atoms with Gasteiger partial charge in [0.2, 0.25) is 5.95 Å². The number of nitrogen functional groups attached to an aromatic ring is 1. The van der Waals surface area contributed by atoms with Gasteiger partial charge in [-0.3, -0.25) is 14.2 Å². The molecule has 1 amide bonds. The van der Waals surface area contributed by atoms with Crippen LogP contribution < -0.4 is 26.2 Å². The molecule has 2 aromatic heterocycles. The van der Waals surface area contributed by atoms with E-state index in [0.29, 0.717) is 51.8 Å². The number of benzene rings is 3. The third-order valence-corrected chi connectivity index (χ3v) is 7.83. The number of rotatable bonds is 7. The summed E-state index contributed by atoms with van der Waals surface area (Å²) in [5.74, 6) is 1.26. The molecule has 0 aliphatic carbocycles. The number of para-hydroxylation sites is 1.